The summed E-state index contributed by atoms with van der Waals surface area (Å²) < 4.78 is 38.1. The van der Waals surface area contributed by atoms with Gasteiger partial charge in [0, 0.05) is 11.6 Å². The number of anilines is 1. The molecular formula is C20H15F2N3O3. The molecule has 0 saturated heterocycles. The van der Waals surface area contributed by atoms with Gasteiger partial charge in [-0.25, -0.2) is 13.8 Å². The Morgan fingerprint density at radius 1 is 1.11 bits per heavy atom. The van der Waals surface area contributed by atoms with Crippen LogP contribution in [-0.2, 0) is 0 Å². The fourth-order valence-electron chi connectivity index (χ4n) is 3.08. The number of nitrogens with one attached hydrogen (secondary N) is 1. The topological polar surface area (TPSA) is 81.2 Å². The van der Waals surface area contributed by atoms with E-state index in [9.17, 15) is 13.6 Å². The fraction of sp³-hybridized carbons (Fsp3) is 0.150. The SMILES string of the molecule is Cc1cc(-c2cc(C(=O)Nc3cc(F)ccc3F)c3c(C)noc3n2)c(C)o1. The molecule has 0 aliphatic carbocycles. The third-order valence-electron chi connectivity index (χ3n) is 4.36. The van der Waals surface area contributed by atoms with Crippen molar-refractivity contribution in [2.75, 3.05) is 5.32 Å². The summed E-state index contributed by atoms with van der Waals surface area (Å²) in [6.07, 6.45) is 0. The third kappa shape index (κ3) is 3.02. The van der Waals surface area contributed by atoms with Crippen LogP contribution in [0.4, 0.5) is 14.5 Å². The van der Waals surface area contributed by atoms with E-state index < -0.39 is 17.5 Å². The van der Waals surface area contributed by atoms with Crippen LogP contribution < -0.4 is 5.32 Å². The minimum Gasteiger partial charge on any atom is -0.466 e. The lowest BCUT2D eigenvalue weighted by Gasteiger charge is -2.09. The van der Waals surface area contributed by atoms with Gasteiger partial charge in [-0.2, -0.15) is 0 Å². The van der Waals surface area contributed by atoms with Gasteiger partial charge >= 0.3 is 0 Å². The summed E-state index contributed by atoms with van der Waals surface area (Å²) in [5, 5.41) is 6.66. The lowest BCUT2D eigenvalue weighted by molar-refractivity contribution is 0.102. The number of amides is 1. The Hall–Kier alpha value is -3.55. The number of carbonyl (C=O) groups excluding carboxylic acids is 1. The number of aromatic nitrogens is 2. The second-order valence-corrected chi connectivity index (χ2v) is 6.41. The van der Waals surface area contributed by atoms with E-state index in [1.54, 1.807) is 32.9 Å². The fourth-order valence-corrected chi connectivity index (χ4v) is 3.08. The molecule has 1 aromatic carbocycles. The number of nitrogens with zero attached hydrogens (tertiary/aromatic N) is 2. The van der Waals surface area contributed by atoms with E-state index in [0.29, 0.717) is 33.9 Å². The standard InChI is InChI=1S/C20H15F2N3O3/c1-9-6-13(11(3)27-9)16-8-14(18-10(2)25-28-20(18)24-16)19(26)23-17-7-12(21)4-5-15(17)22/h4-8H,1-3H3,(H,23,26). The second kappa shape index (κ2) is 6.56. The van der Waals surface area contributed by atoms with Crippen LogP contribution in [0.5, 0.6) is 0 Å². The number of benzene rings is 1. The highest BCUT2D eigenvalue weighted by atomic mass is 19.1. The first-order valence-electron chi connectivity index (χ1n) is 8.44. The van der Waals surface area contributed by atoms with Crippen molar-refractivity contribution in [3.63, 3.8) is 0 Å². The normalized spacial score (nSPS) is 11.2. The molecule has 3 aromatic heterocycles. The minimum atomic E-state index is -0.747. The van der Waals surface area contributed by atoms with Crippen LogP contribution in [0.3, 0.4) is 0 Å². The summed E-state index contributed by atoms with van der Waals surface area (Å²) in [5.41, 5.74) is 1.68. The zero-order valence-electron chi connectivity index (χ0n) is 15.3. The average molecular weight is 383 g/mol. The predicted molar refractivity (Wildman–Crippen MR) is 98.0 cm³/mol. The maximum atomic E-state index is 13.9. The van der Waals surface area contributed by atoms with Gasteiger partial charge < -0.3 is 14.3 Å². The Bertz CT molecular complexity index is 1230. The van der Waals surface area contributed by atoms with Gasteiger partial charge in [-0.3, -0.25) is 4.79 Å². The van der Waals surface area contributed by atoms with Crippen LogP contribution in [-0.4, -0.2) is 16.0 Å². The van der Waals surface area contributed by atoms with E-state index in [0.717, 1.165) is 18.2 Å². The second-order valence-electron chi connectivity index (χ2n) is 6.41. The Morgan fingerprint density at radius 3 is 2.61 bits per heavy atom. The molecule has 3 heterocycles. The molecule has 0 aliphatic heterocycles. The zero-order chi connectivity index (χ0) is 20.0. The van der Waals surface area contributed by atoms with Crippen LogP contribution in [0, 0.1) is 32.4 Å². The highest BCUT2D eigenvalue weighted by Gasteiger charge is 2.22. The summed E-state index contributed by atoms with van der Waals surface area (Å²) in [7, 11) is 0. The van der Waals surface area contributed by atoms with Gasteiger partial charge in [0.25, 0.3) is 11.6 Å². The summed E-state index contributed by atoms with van der Waals surface area (Å²) >= 11 is 0. The van der Waals surface area contributed by atoms with Crippen LogP contribution in [0.1, 0.15) is 27.6 Å². The first-order valence-corrected chi connectivity index (χ1v) is 8.44. The highest BCUT2D eigenvalue weighted by molar-refractivity contribution is 6.13. The first-order chi connectivity index (χ1) is 13.3. The molecule has 6 nitrogen and oxygen atoms in total. The van der Waals surface area contributed by atoms with Gasteiger partial charge in [0.2, 0.25) is 0 Å². The average Bonchev–Trinajstić information content (AvgIpc) is 3.19. The molecule has 0 unspecified atom stereocenters. The number of aryl methyl sites for hydroxylation is 3. The lowest BCUT2D eigenvalue weighted by atomic mass is 10.1. The molecule has 4 rings (SSSR count). The molecule has 4 aromatic rings. The Balaban J connectivity index is 1.85. The van der Waals surface area contributed by atoms with Gasteiger partial charge in [0.1, 0.15) is 23.2 Å². The number of hydrogen-bond acceptors (Lipinski definition) is 5. The molecule has 0 bridgehead atoms. The van der Waals surface area contributed by atoms with E-state index in [1.165, 1.54) is 0 Å². The Kier molecular flexibility index (Phi) is 4.18. The summed E-state index contributed by atoms with van der Waals surface area (Å²) in [4.78, 5) is 17.3. The molecule has 0 fully saturated rings. The summed E-state index contributed by atoms with van der Waals surface area (Å²) in [6.45, 7) is 5.25. The molecule has 1 N–H and O–H groups in total. The van der Waals surface area contributed by atoms with Gasteiger partial charge in [-0.05, 0) is 45.0 Å². The first kappa shape index (κ1) is 17.8. The van der Waals surface area contributed by atoms with Gasteiger partial charge in [-0.1, -0.05) is 5.16 Å². The van der Waals surface area contributed by atoms with E-state index in [1.807, 2.05) is 0 Å². The van der Waals surface area contributed by atoms with Gasteiger partial charge in [-0.15, -0.1) is 0 Å². The number of pyridine rings is 1. The number of carbonyl (C=O) groups is 1. The molecule has 0 aliphatic rings. The molecule has 1 amide bonds. The van der Waals surface area contributed by atoms with Gasteiger partial charge in [0.05, 0.1) is 28.0 Å². The van der Waals surface area contributed by atoms with E-state index in [-0.39, 0.29) is 17.0 Å². The quantitative estimate of drug-likeness (QED) is 0.542. The lowest BCUT2D eigenvalue weighted by Crippen LogP contribution is -2.14. The molecule has 28 heavy (non-hydrogen) atoms. The molecule has 0 saturated carbocycles. The van der Waals surface area contributed by atoms with Crippen LogP contribution in [0.2, 0.25) is 0 Å². The van der Waals surface area contributed by atoms with E-state index in [2.05, 4.69) is 15.5 Å². The van der Waals surface area contributed by atoms with Crippen molar-refractivity contribution in [2.24, 2.45) is 0 Å². The summed E-state index contributed by atoms with van der Waals surface area (Å²) in [6, 6.07) is 6.18. The molecule has 0 spiro atoms. The summed E-state index contributed by atoms with van der Waals surface area (Å²) in [5.74, 6) is -0.729. The van der Waals surface area contributed by atoms with E-state index in [4.69, 9.17) is 8.94 Å². The number of halogens is 2. The molecule has 0 atom stereocenters. The van der Waals surface area contributed by atoms with E-state index >= 15 is 0 Å². The van der Waals surface area contributed by atoms with Crippen molar-refractivity contribution in [2.45, 2.75) is 20.8 Å². The number of hydrogen-bond donors (Lipinski definition) is 1. The van der Waals surface area contributed by atoms with Crippen LogP contribution in [0.15, 0.2) is 39.3 Å². The van der Waals surface area contributed by atoms with Crippen molar-refractivity contribution in [1.82, 2.24) is 10.1 Å². The Labute approximate surface area is 158 Å². The minimum absolute atomic E-state index is 0.165. The smallest absolute Gasteiger partial charge is 0.259 e. The van der Waals surface area contributed by atoms with Crippen molar-refractivity contribution < 1.29 is 22.5 Å². The number of rotatable bonds is 3. The number of furan rings is 1. The highest BCUT2D eigenvalue weighted by Crippen LogP contribution is 2.31. The van der Waals surface area contributed by atoms with Crippen molar-refractivity contribution in [1.29, 1.82) is 0 Å². The Morgan fingerprint density at radius 2 is 1.89 bits per heavy atom. The molecular weight excluding hydrogens is 368 g/mol. The molecule has 0 radical (unpaired) electrons. The largest absolute Gasteiger partial charge is 0.466 e. The van der Waals surface area contributed by atoms with Crippen molar-refractivity contribution in [3.05, 3.63) is 64.7 Å². The molecule has 142 valence electrons. The maximum Gasteiger partial charge on any atom is 0.259 e. The van der Waals surface area contributed by atoms with Crippen LogP contribution >= 0.6 is 0 Å². The van der Waals surface area contributed by atoms with Crippen LogP contribution in [0.25, 0.3) is 22.4 Å². The van der Waals surface area contributed by atoms with Gasteiger partial charge in [0.15, 0.2) is 0 Å². The number of fused-ring (bicyclic) bond motifs is 1. The van der Waals surface area contributed by atoms with Crippen molar-refractivity contribution in [3.8, 4) is 11.3 Å². The van der Waals surface area contributed by atoms with Crippen molar-refractivity contribution >= 4 is 22.7 Å². The zero-order valence-corrected chi connectivity index (χ0v) is 15.3. The predicted octanol–water partition coefficient (Wildman–Crippen LogP) is 4.94. The third-order valence-corrected chi connectivity index (χ3v) is 4.36. The maximum absolute atomic E-state index is 13.9. The monoisotopic (exact) mass is 383 g/mol. The molecule has 8 heteroatoms.